The van der Waals surface area contributed by atoms with Gasteiger partial charge >= 0.3 is 0 Å². The summed E-state index contributed by atoms with van der Waals surface area (Å²) in [6.45, 7) is 0. The van der Waals surface area contributed by atoms with Crippen LogP contribution in [0.3, 0.4) is 0 Å². The van der Waals surface area contributed by atoms with Crippen molar-refractivity contribution in [2.45, 2.75) is 18.8 Å². The Bertz CT molecular complexity index is 515. The smallest absolute Gasteiger partial charge is 0.146 e. The van der Waals surface area contributed by atoms with Crippen molar-refractivity contribution in [3.8, 4) is 5.69 Å². The van der Waals surface area contributed by atoms with E-state index in [0.29, 0.717) is 16.8 Å². The molecule has 82 valence electrons. The summed E-state index contributed by atoms with van der Waals surface area (Å²) in [5, 5.41) is 5.12. The second-order valence-electron chi connectivity index (χ2n) is 4.11. The zero-order valence-electron chi connectivity index (χ0n) is 8.73. The Kier molecular flexibility index (Phi) is 2.14. The lowest BCUT2D eigenvalue weighted by Crippen LogP contribution is -2.01. The fraction of sp³-hybridized carbons (Fsp3) is 0.250. The topological polar surface area (TPSA) is 43.8 Å². The van der Waals surface area contributed by atoms with Gasteiger partial charge in [0.05, 0.1) is 11.4 Å². The van der Waals surface area contributed by atoms with Crippen LogP contribution < -0.4 is 5.73 Å². The largest absolute Gasteiger partial charge is 0.382 e. The lowest BCUT2D eigenvalue weighted by Gasteiger charge is -2.02. The molecule has 3 nitrogen and oxygen atoms in total. The molecule has 1 aromatic heterocycles. The Balaban J connectivity index is 2.11. The fourth-order valence-electron chi connectivity index (χ4n) is 1.81. The zero-order valence-corrected chi connectivity index (χ0v) is 9.48. The normalized spacial score (nSPS) is 15.3. The lowest BCUT2D eigenvalue weighted by atomic mass is 10.3. The third kappa shape index (κ3) is 1.48. The molecule has 2 N–H and O–H groups in total. The molecule has 1 aliphatic rings. The number of nitrogen functional groups attached to an aromatic ring is 1. The van der Waals surface area contributed by atoms with Crippen LogP contribution in [0.25, 0.3) is 5.69 Å². The van der Waals surface area contributed by atoms with Crippen molar-refractivity contribution >= 4 is 17.4 Å². The number of anilines is 1. The van der Waals surface area contributed by atoms with E-state index in [9.17, 15) is 0 Å². The van der Waals surface area contributed by atoms with Crippen molar-refractivity contribution in [1.29, 1.82) is 0 Å². The van der Waals surface area contributed by atoms with Gasteiger partial charge in [0.25, 0.3) is 0 Å². The molecule has 0 aliphatic heterocycles. The summed E-state index contributed by atoms with van der Waals surface area (Å²) in [7, 11) is 0. The number of para-hydroxylation sites is 1. The average molecular weight is 234 g/mol. The summed E-state index contributed by atoms with van der Waals surface area (Å²) in [5.74, 6) is 1.05. The second kappa shape index (κ2) is 3.52. The van der Waals surface area contributed by atoms with Gasteiger partial charge in [-0.15, -0.1) is 0 Å². The van der Waals surface area contributed by atoms with Crippen LogP contribution >= 0.6 is 11.6 Å². The predicted molar refractivity (Wildman–Crippen MR) is 65.0 cm³/mol. The fourth-order valence-corrected chi connectivity index (χ4v) is 2.09. The molecule has 16 heavy (non-hydrogen) atoms. The molecular formula is C12H12ClN3. The molecule has 1 aliphatic carbocycles. The predicted octanol–water partition coefficient (Wildman–Crippen LogP) is 2.99. The van der Waals surface area contributed by atoms with Gasteiger partial charge in [0, 0.05) is 5.92 Å². The molecule has 3 rings (SSSR count). The number of benzene rings is 1. The molecule has 4 heteroatoms. The summed E-state index contributed by atoms with van der Waals surface area (Å²) in [4.78, 5) is 0. The quantitative estimate of drug-likeness (QED) is 0.867. The highest BCUT2D eigenvalue weighted by Crippen LogP contribution is 2.44. The second-order valence-corrected chi connectivity index (χ2v) is 4.48. The van der Waals surface area contributed by atoms with Gasteiger partial charge in [0.15, 0.2) is 0 Å². The molecule has 0 amide bonds. The number of hydrogen-bond donors (Lipinski definition) is 1. The molecule has 1 saturated carbocycles. The van der Waals surface area contributed by atoms with Crippen molar-refractivity contribution in [2.24, 2.45) is 0 Å². The van der Waals surface area contributed by atoms with Crippen molar-refractivity contribution in [3.63, 3.8) is 0 Å². The van der Waals surface area contributed by atoms with Gasteiger partial charge in [0.2, 0.25) is 0 Å². The third-order valence-electron chi connectivity index (χ3n) is 2.85. The van der Waals surface area contributed by atoms with Gasteiger partial charge in [-0.1, -0.05) is 29.8 Å². The minimum absolute atomic E-state index is 0.514. The van der Waals surface area contributed by atoms with Crippen LogP contribution in [0, 0.1) is 0 Å². The molecule has 0 radical (unpaired) electrons. The van der Waals surface area contributed by atoms with E-state index >= 15 is 0 Å². The van der Waals surface area contributed by atoms with Crippen LogP contribution in [0.4, 0.5) is 5.82 Å². The number of halogens is 1. The van der Waals surface area contributed by atoms with Crippen LogP contribution in [-0.2, 0) is 0 Å². The number of nitrogens with two attached hydrogens (primary N) is 1. The zero-order chi connectivity index (χ0) is 11.1. The van der Waals surface area contributed by atoms with Gasteiger partial charge in [-0.3, -0.25) is 0 Å². The molecule has 2 aromatic rings. The first-order chi connectivity index (χ1) is 7.77. The Labute approximate surface area is 98.8 Å². The monoisotopic (exact) mass is 233 g/mol. The number of nitrogens with zero attached hydrogens (tertiary/aromatic N) is 2. The van der Waals surface area contributed by atoms with E-state index in [1.54, 1.807) is 4.68 Å². The third-order valence-corrected chi connectivity index (χ3v) is 3.24. The number of hydrogen-bond acceptors (Lipinski definition) is 2. The van der Waals surface area contributed by atoms with E-state index < -0.39 is 0 Å². The van der Waals surface area contributed by atoms with Crippen molar-refractivity contribution in [3.05, 3.63) is 41.0 Å². The summed E-state index contributed by atoms with van der Waals surface area (Å²) < 4.78 is 1.72. The first kappa shape index (κ1) is 9.73. The maximum Gasteiger partial charge on any atom is 0.146 e. The van der Waals surface area contributed by atoms with Crippen LogP contribution in [-0.4, -0.2) is 9.78 Å². The molecule has 0 spiro atoms. The van der Waals surface area contributed by atoms with Gasteiger partial charge in [-0.25, -0.2) is 4.68 Å². The van der Waals surface area contributed by atoms with E-state index in [0.717, 1.165) is 11.4 Å². The molecule has 0 unspecified atom stereocenters. The van der Waals surface area contributed by atoms with Gasteiger partial charge in [0.1, 0.15) is 10.8 Å². The minimum atomic E-state index is 0.514. The first-order valence-corrected chi connectivity index (χ1v) is 5.74. The minimum Gasteiger partial charge on any atom is -0.382 e. The summed E-state index contributed by atoms with van der Waals surface area (Å²) in [6.07, 6.45) is 2.34. The van der Waals surface area contributed by atoms with Gasteiger partial charge in [-0.2, -0.15) is 5.10 Å². The Morgan fingerprint density at radius 2 is 1.94 bits per heavy atom. The highest BCUT2D eigenvalue weighted by atomic mass is 35.5. The maximum absolute atomic E-state index is 6.19. The molecule has 1 aromatic carbocycles. The van der Waals surface area contributed by atoms with E-state index in [1.807, 2.05) is 30.3 Å². The Morgan fingerprint density at radius 3 is 2.56 bits per heavy atom. The highest BCUT2D eigenvalue weighted by Gasteiger charge is 2.30. The molecule has 1 fully saturated rings. The molecule has 0 atom stereocenters. The summed E-state index contributed by atoms with van der Waals surface area (Å²) in [5.41, 5.74) is 7.87. The van der Waals surface area contributed by atoms with Crippen molar-refractivity contribution in [1.82, 2.24) is 9.78 Å². The molecular weight excluding hydrogens is 222 g/mol. The molecule has 1 heterocycles. The molecule has 0 bridgehead atoms. The van der Waals surface area contributed by atoms with Crippen LogP contribution in [0.15, 0.2) is 30.3 Å². The standard InChI is InChI=1S/C12H12ClN3/c13-10-11(8-6-7-8)15-16(12(10)14)9-4-2-1-3-5-9/h1-5,8H,6-7,14H2. The van der Waals surface area contributed by atoms with E-state index in [1.165, 1.54) is 12.8 Å². The van der Waals surface area contributed by atoms with Crippen LogP contribution in [0.1, 0.15) is 24.5 Å². The number of aromatic nitrogens is 2. The molecule has 0 saturated heterocycles. The van der Waals surface area contributed by atoms with E-state index in [4.69, 9.17) is 17.3 Å². The van der Waals surface area contributed by atoms with Gasteiger partial charge < -0.3 is 5.73 Å². The van der Waals surface area contributed by atoms with Crippen LogP contribution in [0.2, 0.25) is 5.02 Å². The first-order valence-electron chi connectivity index (χ1n) is 5.36. The summed E-state index contributed by atoms with van der Waals surface area (Å²) in [6, 6.07) is 9.82. The van der Waals surface area contributed by atoms with Crippen molar-refractivity contribution in [2.75, 3.05) is 5.73 Å². The van der Waals surface area contributed by atoms with Gasteiger partial charge in [-0.05, 0) is 25.0 Å². The van der Waals surface area contributed by atoms with Crippen LogP contribution in [0.5, 0.6) is 0 Å². The van der Waals surface area contributed by atoms with E-state index in [2.05, 4.69) is 5.10 Å². The maximum atomic E-state index is 6.19. The SMILES string of the molecule is Nc1c(Cl)c(C2CC2)nn1-c1ccccc1. The van der Waals surface area contributed by atoms with E-state index in [-0.39, 0.29) is 0 Å². The Hall–Kier alpha value is -1.48. The average Bonchev–Trinajstić information content (AvgIpc) is 3.10. The Morgan fingerprint density at radius 1 is 1.25 bits per heavy atom. The number of rotatable bonds is 2. The summed E-state index contributed by atoms with van der Waals surface area (Å²) >= 11 is 6.19. The lowest BCUT2D eigenvalue weighted by molar-refractivity contribution is 0.845. The highest BCUT2D eigenvalue weighted by molar-refractivity contribution is 6.33. The van der Waals surface area contributed by atoms with Crippen molar-refractivity contribution < 1.29 is 0 Å².